The maximum absolute atomic E-state index is 12.7. The van der Waals surface area contributed by atoms with Crippen molar-refractivity contribution in [2.45, 2.75) is 45.7 Å². The van der Waals surface area contributed by atoms with E-state index in [0.717, 1.165) is 39.1 Å². The van der Waals surface area contributed by atoms with Crippen molar-refractivity contribution >= 4 is 5.91 Å². The van der Waals surface area contributed by atoms with Gasteiger partial charge in [-0.1, -0.05) is 13.8 Å². The monoisotopic (exact) mass is 298 g/mol. The fourth-order valence-corrected chi connectivity index (χ4v) is 2.92. The van der Waals surface area contributed by atoms with Crippen LogP contribution in [0.4, 0.5) is 0 Å². The Kier molecular flexibility index (Phi) is 7.10. The summed E-state index contributed by atoms with van der Waals surface area (Å²) in [6.07, 6.45) is 1.02. The van der Waals surface area contributed by atoms with E-state index in [1.54, 1.807) is 0 Å². The molecule has 0 aromatic carbocycles. The van der Waals surface area contributed by atoms with Gasteiger partial charge in [-0.2, -0.15) is 0 Å². The molecule has 1 fully saturated rings. The number of hydrogen-bond donors (Lipinski definition) is 2. The average Bonchev–Trinajstić information content (AvgIpc) is 2.38. The van der Waals surface area contributed by atoms with Gasteiger partial charge in [0.15, 0.2) is 0 Å². The largest absolute Gasteiger partial charge is 0.350 e. The molecule has 0 aromatic rings. The molecule has 0 spiro atoms. The Morgan fingerprint density at radius 1 is 1.29 bits per heavy atom. The second-order valence-electron chi connectivity index (χ2n) is 7.36. The molecule has 1 rings (SSSR count). The molecule has 0 aromatic heterocycles. The number of amides is 1. The summed E-state index contributed by atoms with van der Waals surface area (Å²) in [6, 6.07) is 0.217. The summed E-state index contributed by atoms with van der Waals surface area (Å²) in [6.45, 7) is 13.2. The predicted octanol–water partition coefficient (Wildman–Crippen LogP) is 0.763. The van der Waals surface area contributed by atoms with Crippen molar-refractivity contribution in [3.63, 3.8) is 0 Å². The fraction of sp³-hybridized carbons (Fsp3) is 0.938. The highest BCUT2D eigenvalue weighted by molar-refractivity contribution is 5.85. The maximum atomic E-state index is 12.7. The molecule has 1 atom stereocenters. The Morgan fingerprint density at radius 2 is 1.86 bits per heavy atom. The van der Waals surface area contributed by atoms with E-state index in [0.29, 0.717) is 5.92 Å². The topological polar surface area (TPSA) is 47.6 Å². The van der Waals surface area contributed by atoms with E-state index in [2.05, 4.69) is 48.4 Å². The highest BCUT2D eigenvalue weighted by Crippen LogP contribution is 2.16. The van der Waals surface area contributed by atoms with Crippen LogP contribution in [0.5, 0.6) is 0 Å². The number of nitrogens with zero attached hydrogens (tertiary/aromatic N) is 2. The van der Waals surface area contributed by atoms with E-state index in [-0.39, 0.29) is 11.9 Å². The van der Waals surface area contributed by atoms with Crippen molar-refractivity contribution in [1.29, 1.82) is 0 Å². The van der Waals surface area contributed by atoms with Crippen molar-refractivity contribution < 1.29 is 4.79 Å². The highest BCUT2D eigenvalue weighted by Gasteiger charge is 2.36. The minimum Gasteiger partial charge on any atom is -0.350 e. The highest BCUT2D eigenvalue weighted by atomic mass is 16.2. The van der Waals surface area contributed by atoms with Crippen LogP contribution in [-0.4, -0.2) is 74.1 Å². The Hall–Kier alpha value is -0.650. The predicted molar refractivity (Wildman–Crippen MR) is 88.5 cm³/mol. The lowest BCUT2D eigenvalue weighted by atomic mass is 9.97. The van der Waals surface area contributed by atoms with Crippen LogP contribution in [-0.2, 0) is 4.79 Å². The zero-order chi connectivity index (χ0) is 16.0. The first kappa shape index (κ1) is 18.4. The summed E-state index contributed by atoms with van der Waals surface area (Å²) in [7, 11) is 4.11. The smallest absolute Gasteiger partial charge is 0.240 e. The van der Waals surface area contributed by atoms with E-state index < -0.39 is 5.54 Å². The summed E-state index contributed by atoms with van der Waals surface area (Å²) < 4.78 is 0. The quantitative estimate of drug-likeness (QED) is 0.729. The van der Waals surface area contributed by atoms with Crippen molar-refractivity contribution in [3.05, 3.63) is 0 Å². The molecule has 124 valence electrons. The fourth-order valence-electron chi connectivity index (χ4n) is 2.92. The summed E-state index contributed by atoms with van der Waals surface area (Å²) >= 11 is 0. The molecule has 1 saturated heterocycles. The molecule has 0 radical (unpaired) electrons. The van der Waals surface area contributed by atoms with Crippen LogP contribution in [0.1, 0.15) is 34.1 Å². The van der Waals surface area contributed by atoms with Crippen LogP contribution >= 0.6 is 0 Å². The molecular formula is C16H34N4O. The van der Waals surface area contributed by atoms with Crippen LogP contribution in [0.15, 0.2) is 0 Å². The Balaban J connectivity index is 2.65. The third-order valence-corrected chi connectivity index (χ3v) is 4.14. The van der Waals surface area contributed by atoms with Crippen LogP contribution < -0.4 is 10.6 Å². The minimum absolute atomic E-state index is 0.150. The number of rotatable bonds is 7. The second-order valence-corrected chi connectivity index (χ2v) is 7.36. The number of likely N-dealkylation sites (N-methyl/N-ethyl adjacent to an activating group) is 1. The van der Waals surface area contributed by atoms with E-state index in [1.165, 1.54) is 0 Å². The van der Waals surface area contributed by atoms with Gasteiger partial charge in [0.1, 0.15) is 0 Å². The molecule has 0 saturated carbocycles. The first-order valence-corrected chi connectivity index (χ1v) is 8.15. The van der Waals surface area contributed by atoms with Gasteiger partial charge in [-0.05, 0) is 40.3 Å². The summed E-state index contributed by atoms with van der Waals surface area (Å²) in [4.78, 5) is 17.2. The lowest BCUT2D eigenvalue weighted by Gasteiger charge is -2.40. The molecule has 1 amide bonds. The summed E-state index contributed by atoms with van der Waals surface area (Å²) in [5.74, 6) is 0.731. The molecule has 5 nitrogen and oxygen atoms in total. The third-order valence-electron chi connectivity index (χ3n) is 4.14. The molecule has 1 aliphatic heterocycles. The van der Waals surface area contributed by atoms with Crippen molar-refractivity contribution in [3.8, 4) is 0 Å². The van der Waals surface area contributed by atoms with Crippen molar-refractivity contribution in [2.24, 2.45) is 5.92 Å². The normalized spacial score (nSPS) is 19.0. The summed E-state index contributed by atoms with van der Waals surface area (Å²) in [5.41, 5.74) is -0.441. The van der Waals surface area contributed by atoms with E-state index >= 15 is 0 Å². The van der Waals surface area contributed by atoms with Gasteiger partial charge in [0.05, 0.1) is 5.54 Å². The van der Waals surface area contributed by atoms with Crippen LogP contribution in [0.25, 0.3) is 0 Å². The first-order valence-electron chi connectivity index (χ1n) is 8.15. The zero-order valence-corrected chi connectivity index (χ0v) is 14.7. The molecule has 0 aliphatic carbocycles. The van der Waals surface area contributed by atoms with E-state index in [1.807, 2.05) is 13.8 Å². The van der Waals surface area contributed by atoms with Gasteiger partial charge in [-0.25, -0.2) is 0 Å². The van der Waals surface area contributed by atoms with Gasteiger partial charge in [0, 0.05) is 38.8 Å². The maximum Gasteiger partial charge on any atom is 0.240 e. The Morgan fingerprint density at radius 3 is 2.33 bits per heavy atom. The van der Waals surface area contributed by atoms with E-state index in [4.69, 9.17) is 0 Å². The van der Waals surface area contributed by atoms with Crippen LogP contribution in [0, 0.1) is 5.92 Å². The number of nitrogens with one attached hydrogen (secondary N) is 2. The number of carbonyl (C=O) groups excluding carboxylic acids is 1. The second kappa shape index (κ2) is 8.11. The zero-order valence-electron chi connectivity index (χ0n) is 14.7. The lowest BCUT2D eigenvalue weighted by molar-refractivity contribution is -0.133. The lowest BCUT2D eigenvalue weighted by Crippen LogP contribution is -2.61. The van der Waals surface area contributed by atoms with Gasteiger partial charge in [-0.3, -0.25) is 9.69 Å². The standard InChI is InChI=1S/C16H34N4O/c1-13(2)11-14(12-19(5)6)18-15(21)16(3,4)20-9-7-17-8-10-20/h13-14,17H,7-12H2,1-6H3,(H,18,21). The Labute approximate surface area is 130 Å². The van der Waals surface area contributed by atoms with E-state index in [9.17, 15) is 4.79 Å². The minimum atomic E-state index is -0.441. The summed E-state index contributed by atoms with van der Waals surface area (Å²) in [5, 5.41) is 6.61. The average molecular weight is 298 g/mol. The molecular weight excluding hydrogens is 264 g/mol. The number of carbonyl (C=O) groups is 1. The van der Waals surface area contributed by atoms with Gasteiger partial charge in [0.25, 0.3) is 0 Å². The van der Waals surface area contributed by atoms with Gasteiger partial charge in [0.2, 0.25) is 5.91 Å². The SMILES string of the molecule is CC(C)CC(CN(C)C)NC(=O)C(C)(C)N1CCNCC1. The molecule has 5 heteroatoms. The van der Waals surface area contributed by atoms with Crippen LogP contribution in [0.3, 0.4) is 0 Å². The molecule has 1 unspecified atom stereocenters. The number of hydrogen-bond acceptors (Lipinski definition) is 4. The third kappa shape index (κ3) is 5.93. The molecule has 0 bridgehead atoms. The molecule has 21 heavy (non-hydrogen) atoms. The number of piperazine rings is 1. The molecule has 2 N–H and O–H groups in total. The van der Waals surface area contributed by atoms with Gasteiger partial charge >= 0.3 is 0 Å². The molecule has 1 heterocycles. The van der Waals surface area contributed by atoms with Crippen molar-refractivity contribution in [2.75, 3.05) is 46.8 Å². The van der Waals surface area contributed by atoms with Gasteiger partial charge in [-0.15, -0.1) is 0 Å². The van der Waals surface area contributed by atoms with Crippen molar-refractivity contribution in [1.82, 2.24) is 20.4 Å². The van der Waals surface area contributed by atoms with Crippen LogP contribution in [0.2, 0.25) is 0 Å². The molecule has 1 aliphatic rings. The first-order chi connectivity index (χ1) is 9.73. The van der Waals surface area contributed by atoms with Gasteiger partial charge < -0.3 is 15.5 Å². The Bertz CT molecular complexity index is 312.